The number of methoxy groups -OCH3 is 2. The van der Waals surface area contributed by atoms with Crippen LogP contribution in [0.2, 0.25) is 0 Å². The summed E-state index contributed by atoms with van der Waals surface area (Å²) in [5.41, 5.74) is 1.32. The molecule has 0 bridgehead atoms. The molecule has 0 saturated carbocycles. The maximum absolute atomic E-state index is 12.3. The standard InChI is InChI=1S/C18H23N3O4S/c1-23-15-4-3-13(11-16(15)24-2)18-20-14(12-26-18)17(22)19-5-6-21-7-9-25-10-8-21/h3-4,11-12H,5-10H2,1-2H3,(H,19,22). The summed E-state index contributed by atoms with van der Waals surface area (Å²) in [5.74, 6) is 1.15. The molecule has 1 aliphatic heterocycles. The Balaban J connectivity index is 1.59. The van der Waals surface area contributed by atoms with Crippen molar-refractivity contribution in [3.8, 4) is 22.1 Å². The van der Waals surface area contributed by atoms with Crippen LogP contribution in [0.1, 0.15) is 10.5 Å². The van der Waals surface area contributed by atoms with Gasteiger partial charge in [-0.2, -0.15) is 0 Å². The van der Waals surface area contributed by atoms with Crippen molar-refractivity contribution >= 4 is 17.2 Å². The molecule has 8 heteroatoms. The van der Waals surface area contributed by atoms with E-state index in [1.165, 1.54) is 11.3 Å². The van der Waals surface area contributed by atoms with Gasteiger partial charge in [-0.05, 0) is 18.2 Å². The third kappa shape index (κ3) is 4.51. The molecule has 3 rings (SSSR count). The van der Waals surface area contributed by atoms with E-state index in [1.807, 2.05) is 18.2 Å². The van der Waals surface area contributed by atoms with Gasteiger partial charge in [0.2, 0.25) is 0 Å². The normalized spacial score (nSPS) is 14.8. The second-order valence-electron chi connectivity index (χ2n) is 5.82. The smallest absolute Gasteiger partial charge is 0.270 e. The van der Waals surface area contributed by atoms with E-state index < -0.39 is 0 Å². The van der Waals surface area contributed by atoms with Gasteiger partial charge in [0.15, 0.2) is 11.5 Å². The number of hydrogen-bond acceptors (Lipinski definition) is 7. The number of thiazole rings is 1. The van der Waals surface area contributed by atoms with E-state index in [0.717, 1.165) is 43.4 Å². The van der Waals surface area contributed by atoms with E-state index in [1.54, 1.807) is 19.6 Å². The zero-order valence-corrected chi connectivity index (χ0v) is 15.8. The molecule has 7 nitrogen and oxygen atoms in total. The Bertz CT molecular complexity index is 744. The minimum atomic E-state index is -0.152. The third-order valence-corrected chi connectivity index (χ3v) is 5.08. The topological polar surface area (TPSA) is 72.9 Å². The number of aromatic nitrogens is 1. The van der Waals surface area contributed by atoms with E-state index in [9.17, 15) is 4.79 Å². The summed E-state index contributed by atoms with van der Waals surface area (Å²) >= 11 is 1.43. The van der Waals surface area contributed by atoms with E-state index >= 15 is 0 Å². The lowest BCUT2D eigenvalue weighted by molar-refractivity contribution is 0.0383. The van der Waals surface area contributed by atoms with Gasteiger partial charge in [0, 0.05) is 37.1 Å². The van der Waals surface area contributed by atoms with Crippen LogP contribution in [0.3, 0.4) is 0 Å². The van der Waals surface area contributed by atoms with Crippen LogP contribution in [-0.2, 0) is 4.74 Å². The average Bonchev–Trinajstić information content (AvgIpc) is 3.18. The van der Waals surface area contributed by atoms with Crippen molar-refractivity contribution in [1.29, 1.82) is 0 Å². The molecule has 0 unspecified atom stereocenters. The van der Waals surface area contributed by atoms with Crippen LogP contribution < -0.4 is 14.8 Å². The molecular formula is C18H23N3O4S. The SMILES string of the molecule is COc1ccc(-c2nc(C(=O)NCCN3CCOCC3)cs2)cc1OC. The summed E-state index contributed by atoms with van der Waals surface area (Å²) in [7, 11) is 3.19. The summed E-state index contributed by atoms with van der Waals surface area (Å²) in [5, 5.41) is 5.47. The Hall–Kier alpha value is -2.16. The summed E-state index contributed by atoms with van der Waals surface area (Å²) in [6.45, 7) is 4.76. The van der Waals surface area contributed by atoms with Crippen molar-refractivity contribution in [2.24, 2.45) is 0 Å². The molecule has 0 spiro atoms. The average molecular weight is 377 g/mol. The minimum Gasteiger partial charge on any atom is -0.493 e. The van der Waals surface area contributed by atoms with Crippen LogP contribution in [0.25, 0.3) is 10.6 Å². The van der Waals surface area contributed by atoms with E-state index in [2.05, 4.69) is 15.2 Å². The molecule has 0 aliphatic carbocycles. The van der Waals surface area contributed by atoms with Crippen molar-refractivity contribution in [1.82, 2.24) is 15.2 Å². The van der Waals surface area contributed by atoms with Gasteiger partial charge in [-0.25, -0.2) is 4.98 Å². The van der Waals surface area contributed by atoms with E-state index in [0.29, 0.717) is 23.7 Å². The van der Waals surface area contributed by atoms with Gasteiger partial charge in [-0.1, -0.05) is 0 Å². The minimum absolute atomic E-state index is 0.152. The molecule has 2 heterocycles. The Morgan fingerprint density at radius 1 is 1.27 bits per heavy atom. The van der Waals surface area contributed by atoms with Crippen LogP contribution in [-0.4, -0.2) is 69.4 Å². The maximum Gasteiger partial charge on any atom is 0.270 e. The van der Waals surface area contributed by atoms with Crippen LogP contribution in [0.15, 0.2) is 23.6 Å². The van der Waals surface area contributed by atoms with Crippen LogP contribution in [0, 0.1) is 0 Å². The van der Waals surface area contributed by atoms with Crippen molar-refractivity contribution in [3.05, 3.63) is 29.3 Å². The van der Waals surface area contributed by atoms with E-state index in [-0.39, 0.29) is 5.91 Å². The predicted octanol–water partition coefficient (Wildman–Crippen LogP) is 1.89. The zero-order valence-electron chi connectivity index (χ0n) is 15.0. The number of nitrogens with zero attached hydrogens (tertiary/aromatic N) is 2. The molecule has 1 aliphatic rings. The number of amides is 1. The van der Waals surface area contributed by atoms with Crippen LogP contribution >= 0.6 is 11.3 Å². The molecule has 1 aromatic heterocycles. The number of carbonyl (C=O) groups excluding carboxylic acids is 1. The van der Waals surface area contributed by atoms with Crippen LogP contribution in [0.4, 0.5) is 0 Å². The monoisotopic (exact) mass is 377 g/mol. The molecule has 0 radical (unpaired) electrons. The van der Waals surface area contributed by atoms with Gasteiger partial charge >= 0.3 is 0 Å². The fourth-order valence-electron chi connectivity index (χ4n) is 2.72. The number of morpholine rings is 1. The highest BCUT2D eigenvalue weighted by molar-refractivity contribution is 7.13. The lowest BCUT2D eigenvalue weighted by Crippen LogP contribution is -2.41. The van der Waals surface area contributed by atoms with Crippen molar-refractivity contribution in [2.45, 2.75) is 0 Å². The molecule has 1 amide bonds. The molecule has 0 atom stereocenters. The molecule has 140 valence electrons. The third-order valence-electron chi connectivity index (χ3n) is 4.18. The second-order valence-corrected chi connectivity index (χ2v) is 6.68. The number of hydrogen-bond donors (Lipinski definition) is 1. The molecule has 1 aromatic carbocycles. The van der Waals surface area contributed by atoms with Crippen molar-refractivity contribution < 1.29 is 19.0 Å². The largest absolute Gasteiger partial charge is 0.493 e. The van der Waals surface area contributed by atoms with Gasteiger partial charge in [0.25, 0.3) is 5.91 Å². The Labute approximate surface area is 156 Å². The Morgan fingerprint density at radius 3 is 2.77 bits per heavy atom. The van der Waals surface area contributed by atoms with Gasteiger partial charge in [0.1, 0.15) is 10.7 Å². The molecule has 1 N–H and O–H groups in total. The Morgan fingerprint density at radius 2 is 2.04 bits per heavy atom. The lowest BCUT2D eigenvalue weighted by atomic mass is 10.2. The molecular weight excluding hydrogens is 354 g/mol. The first-order chi connectivity index (χ1) is 12.7. The number of rotatable bonds is 7. The van der Waals surface area contributed by atoms with E-state index in [4.69, 9.17) is 14.2 Å². The molecule has 2 aromatic rings. The number of carbonyl (C=O) groups is 1. The first-order valence-electron chi connectivity index (χ1n) is 8.47. The maximum atomic E-state index is 12.3. The first-order valence-corrected chi connectivity index (χ1v) is 9.35. The molecule has 26 heavy (non-hydrogen) atoms. The quantitative estimate of drug-likeness (QED) is 0.794. The summed E-state index contributed by atoms with van der Waals surface area (Å²) in [6.07, 6.45) is 0. The van der Waals surface area contributed by atoms with Gasteiger partial charge in [-0.3, -0.25) is 9.69 Å². The number of ether oxygens (including phenoxy) is 3. The van der Waals surface area contributed by atoms with Gasteiger partial charge in [-0.15, -0.1) is 11.3 Å². The highest BCUT2D eigenvalue weighted by Gasteiger charge is 2.15. The predicted molar refractivity (Wildman–Crippen MR) is 100 cm³/mol. The Kier molecular flexibility index (Phi) is 6.43. The molecule has 1 saturated heterocycles. The van der Waals surface area contributed by atoms with Crippen LogP contribution in [0.5, 0.6) is 11.5 Å². The molecule has 1 fully saturated rings. The van der Waals surface area contributed by atoms with Crippen molar-refractivity contribution in [3.63, 3.8) is 0 Å². The fraction of sp³-hybridized carbons (Fsp3) is 0.444. The second kappa shape index (κ2) is 8.98. The number of benzene rings is 1. The van der Waals surface area contributed by atoms with Gasteiger partial charge in [0.05, 0.1) is 27.4 Å². The number of nitrogens with one attached hydrogen (secondary N) is 1. The highest BCUT2D eigenvalue weighted by atomic mass is 32.1. The summed E-state index contributed by atoms with van der Waals surface area (Å²) < 4.78 is 15.9. The lowest BCUT2D eigenvalue weighted by Gasteiger charge is -2.26. The fourth-order valence-corrected chi connectivity index (χ4v) is 3.52. The first kappa shape index (κ1) is 18.6. The summed E-state index contributed by atoms with van der Waals surface area (Å²) in [6, 6.07) is 5.59. The summed E-state index contributed by atoms with van der Waals surface area (Å²) in [4.78, 5) is 19.0. The zero-order chi connectivity index (χ0) is 18.4. The van der Waals surface area contributed by atoms with Crippen molar-refractivity contribution in [2.75, 3.05) is 53.6 Å². The highest BCUT2D eigenvalue weighted by Crippen LogP contribution is 2.33. The van der Waals surface area contributed by atoms with Gasteiger partial charge < -0.3 is 19.5 Å².